The fourth-order valence-electron chi connectivity index (χ4n) is 1.99. The number of nitrogens with zero attached hydrogens (tertiary/aromatic N) is 2. The average molecular weight is 258 g/mol. The van der Waals surface area contributed by atoms with Gasteiger partial charge < -0.3 is 9.47 Å². The molecule has 0 spiro atoms. The Morgan fingerprint density at radius 3 is 2.42 bits per heavy atom. The van der Waals surface area contributed by atoms with Crippen LogP contribution in [0.5, 0.6) is 11.5 Å². The van der Waals surface area contributed by atoms with Gasteiger partial charge in [0.1, 0.15) is 11.5 Å². The van der Waals surface area contributed by atoms with Crippen LogP contribution < -0.4 is 9.47 Å². The van der Waals surface area contributed by atoms with E-state index in [9.17, 15) is 0 Å². The van der Waals surface area contributed by atoms with Crippen molar-refractivity contribution in [2.45, 2.75) is 20.3 Å². The molecule has 0 amide bonds. The first kappa shape index (κ1) is 13.3. The summed E-state index contributed by atoms with van der Waals surface area (Å²) in [7, 11) is 3.31. The molecular weight excluding hydrogens is 240 g/mol. The molecule has 2 heterocycles. The zero-order valence-electron chi connectivity index (χ0n) is 11.7. The summed E-state index contributed by atoms with van der Waals surface area (Å²) in [6.07, 6.45) is 0.628. The minimum atomic E-state index is 0.628. The third kappa shape index (κ3) is 3.22. The first-order valence-corrected chi connectivity index (χ1v) is 6.14. The molecule has 2 aromatic heterocycles. The predicted octanol–water partition coefficient (Wildman–Crippen LogP) is 2.70. The molecule has 0 aliphatic carbocycles. The summed E-state index contributed by atoms with van der Waals surface area (Å²) in [5.41, 5.74) is 3.72. The molecule has 19 heavy (non-hydrogen) atoms. The monoisotopic (exact) mass is 258 g/mol. The van der Waals surface area contributed by atoms with Crippen LogP contribution in [-0.4, -0.2) is 24.2 Å². The first-order valence-electron chi connectivity index (χ1n) is 6.14. The molecule has 4 nitrogen and oxygen atoms in total. The summed E-state index contributed by atoms with van der Waals surface area (Å²) in [4.78, 5) is 9.03. The van der Waals surface area contributed by atoms with E-state index < -0.39 is 0 Å². The third-order valence-corrected chi connectivity index (χ3v) is 2.86. The summed E-state index contributed by atoms with van der Waals surface area (Å²) in [5.74, 6) is 1.60. The van der Waals surface area contributed by atoms with Gasteiger partial charge in [0, 0.05) is 29.9 Å². The van der Waals surface area contributed by atoms with E-state index in [1.165, 1.54) is 0 Å². The highest BCUT2D eigenvalue weighted by Gasteiger charge is 2.08. The number of aromatic nitrogens is 2. The second kappa shape index (κ2) is 5.69. The van der Waals surface area contributed by atoms with Gasteiger partial charge in [-0.2, -0.15) is 0 Å². The lowest BCUT2D eigenvalue weighted by Gasteiger charge is -2.09. The van der Waals surface area contributed by atoms with Crippen LogP contribution in [0.4, 0.5) is 0 Å². The van der Waals surface area contributed by atoms with E-state index in [4.69, 9.17) is 9.47 Å². The second-order valence-electron chi connectivity index (χ2n) is 4.42. The van der Waals surface area contributed by atoms with Crippen molar-refractivity contribution >= 4 is 0 Å². The van der Waals surface area contributed by atoms with Crippen molar-refractivity contribution in [2.75, 3.05) is 14.2 Å². The van der Waals surface area contributed by atoms with Crippen LogP contribution in [0.3, 0.4) is 0 Å². The molecule has 0 atom stereocenters. The zero-order chi connectivity index (χ0) is 13.8. The van der Waals surface area contributed by atoms with Crippen LogP contribution in [-0.2, 0) is 6.42 Å². The SMILES string of the molecule is COc1cc(C)nc(Cc2nc(C)ccc2OC)c1. The van der Waals surface area contributed by atoms with E-state index in [-0.39, 0.29) is 0 Å². The molecule has 0 aliphatic rings. The van der Waals surface area contributed by atoms with Crippen LogP contribution >= 0.6 is 0 Å². The van der Waals surface area contributed by atoms with Gasteiger partial charge in [-0.1, -0.05) is 0 Å². The van der Waals surface area contributed by atoms with Gasteiger partial charge in [-0.3, -0.25) is 9.97 Å². The summed E-state index contributed by atoms with van der Waals surface area (Å²) in [5, 5.41) is 0. The fraction of sp³-hybridized carbons (Fsp3) is 0.333. The number of pyridine rings is 2. The number of rotatable bonds is 4. The van der Waals surface area contributed by atoms with Gasteiger partial charge in [0.05, 0.1) is 25.6 Å². The van der Waals surface area contributed by atoms with Crippen molar-refractivity contribution < 1.29 is 9.47 Å². The zero-order valence-corrected chi connectivity index (χ0v) is 11.7. The van der Waals surface area contributed by atoms with Crippen molar-refractivity contribution in [3.63, 3.8) is 0 Å². The maximum absolute atomic E-state index is 5.34. The number of hydrogen-bond donors (Lipinski definition) is 0. The molecule has 4 heteroatoms. The molecule has 0 saturated carbocycles. The van der Waals surface area contributed by atoms with Gasteiger partial charge in [-0.25, -0.2) is 0 Å². The van der Waals surface area contributed by atoms with Gasteiger partial charge >= 0.3 is 0 Å². The topological polar surface area (TPSA) is 44.2 Å². The van der Waals surface area contributed by atoms with Crippen molar-refractivity contribution in [1.82, 2.24) is 9.97 Å². The largest absolute Gasteiger partial charge is 0.497 e. The molecule has 0 radical (unpaired) electrons. The molecular formula is C15H18N2O2. The predicted molar refractivity (Wildman–Crippen MR) is 73.9 cm³/mol. The fourth-order valence-corrected chi connectivity index (χ4v) is 1.99. The quantitative estimate of drug-likeness (QED) is 0.845. The average Bonchev–Trinajstić information content (AvgIpc) is 2.38. The van der Waals surface area contributed by atoms with Crippen LogP contribution in [0.25, 0.3) is 0 Å². The van der Waals surface area contributed by atoms with Crippen LogP contribution in [0, 0.1) is 13.8 Å². The lowest BCUT2D eigenvalue weighted by atomic mass is 10.1. The Kier molecular flexibility index (Phi) is 4.00. The second-order valence-corrected chi connectivity index (χ2v) is 4.42. The van der Waals surface area contributed by atoms with Crippen molar-refractivity contribution in [3.8, 4) is 11.5 Å². The Morgan fingerprint density at radius 2 is 1.74 bits per heavy atom. The Hall–Kier alpha value is -2.10. The summed E-state index contributed by atoms with van der Waals surface area (Å²) in [6.45, 7) is 3.92. The van der Waals surface area contributed by atoms with Gasteiger partial charge in [0.2, 0.25) is 0 Å². The van der Waals surface area contributed by atoms with Gasteiger partial charge in [-0.05, 0) is 26.0 Å². The van der Waals surface area contributed by atoms with Crippen LogP contribution in [0.1, 0.15) is 22.8 Å². The van der Waals surface area contributed by atoms with E-state index in [1.807, 2.05) is 38.1 Å². The molecule has 0 N–H and O–H groups in total. The van der Waals surface area contributed by atoms with E-state index in [2.05, 4.69) is 9.97 Å². The van der Waals surface area contributed by atoms with Gasteiger partial charge in [0.25, 0.3) is 0 Å². The number of methoxy groups -OCH3 is 2. The highest BCUT2D eigenvalue weighted by Crippen LogP contribution is 2.21. The third-order valence-electron chi connectivity index (χ3n) is 2.86. The van der Waals surface area contributed by atoms with Gasteiger partial charge in [0.15, 0.2) is 0 Å². The molecule has 0 aliphatic heterocycles. The minimum Gasteiger partial charge on any atom is -0.497 e. The molecule has 0 saturated heterocycles. The minimum absolute atomic E-state index is 0.628. The molecule has 0 aromatic carbocycles. The highest BCUT2D eigenvalue weighted by atomic mass is 16.5. The van der Waals surface area contributed by atoms with Crippen molar-refractivity contribution in [1.29, 1.82) is 0 Å². The van der Waals surface area contributed by atoms with E-state index in [0.717, 1.165) is 34.3 Å². The Morgan fingerprint density at radius 1 is 0.947 bits per heavy atom. The molecule has 0 unspecified atom stereocenters. The summed E-state index contributed by atoms with van der Waals surface area (Å²) in [6, 6.07) is 7.71. The molecule has 2 rings (SSSR count). The number of ether oxygens (including phenoxy) is 2. The van der Waals surface area contributed by atoms with Crippen molar-refractivity contribution in [3.05, 3.63) is 47.0 Å². The maximum atomic E-state index is 5.34. The van der Waals surface area contributed by atoms with Crippen LogP contribution in [0.15, 0.2) is 24.3 Å². The van der Waals surface area contributed by atoms with E-state index in [1.54, 1.807) is 14.2 Å². The first-order chi connectivity index (χ1) is 9.12. The molecule has 2 aromatic rings. The van der Waals surface area contributed by atoms with Crippen LogP contribution in [0.2, 0.25) is 0 Å². The van der Waals surface area contributed by atoms with Crippen molar-refractivity contribution in [2.24, 2.45) is 0 Å². The van der Waals surface area contributed by atoms with E-state index >= 15 is 0 Å². The van der Waals surface area contributed by atoms with Gasteiger partial charge in [-0.15, -0.1) is 0 Å². The van der Waals surface area contributed by atoms with E-state index in [0.29, 0.717) is 6.42 Å². The molecule has 100 valence electrons. The smallest absolute Gasteiger partial charge is 0.140 e. The number of aryl methyl sites for hydroxylation is 2. The standard InChI is InChI=1S/C15H18N2O2/c1-10-5-6-15(19-4)14(17-10)9-12-8-13(18-3)7-11(2)16-12/h5-8H,9H2,1-4H3. The Bertz CT molecular complexity index is 582. The summed E-state index contributed by atoms with van der Waals surface area (Å²) < 4.78 is 10.6. The maximum Gasteiger partial charge on any atom is 0.140 e. The highest BCUT2D eigenvalue weighted by molar-refractivity contribution is 5.34. The number of hydrogen-bond acceptors (Lipinski definition) is 4. The lowest BCUT2D eigenvalue weighted by molar-refractivity contribution is 0.406. The molecule has 0 fully saturated rings. The summed E-state index contributed by atoms with van der Waals surface area (Å²) >= 11 is 0. The Labute approximate surface area is 113 Å². The normalized spacial score (nSPS) is 10.3. The Balaban J connectivity index is 2.35. The lowest BCUT2D eigenvalue weighted by Crippen LogP contribution is -2.01. The molecule has 0 bridgehead atoms.